The summed E-state index contributed by atoms with van der Waals surface area (Å²) in [5.74, 6) is 1.70. The molecule has 0 saturated carbocycles. The molecule has 0 aliphatic carbocycles. The zero-order chi connectivity index (χ0) is 21.3. The van der Waals surface area contributed by atoms with Gasteiger partial charge in [0, 0.05) is 53.4 Å². The molecule has 5 heterocycles. The quantitative estimate of drug-likeness (QED) is 0.459. The van der Waals surface area contributed by atoms with Crippen LogP contribution in [0.1, 0.15) is 0 Å². The number of aromatic nitrogens is 3. The lowest BCUT2D eigenvalue weighted by molar-refractivity contribution is 0.122. The number of nitrogens with zero attached hydrogens (tertiary/aromatic N) is 5. The fourth-order valence-corrected chi connectivity index (χ4v) is 5.06. The van der Waals surface area contributed by atoms with E-state index in [1.165, 1.54) is 0 Å². The van der Waals surface area contributed by atoms with Crippen molar-refractivity contribution in [1.82, 2.24) is 15.0 Å². The highest BCUT2D eigenvalue weighted by Gasteiger charge is 2.21. The van der Waals surface area contributed by atoms with E-state index >= 15 is 0 Å². The molecule has 1 fully saturated rings. The van der Waals surface area contributed by atoms with Gasteiger partial charge in [0.2, 0.25) is 0 Å². The van der Waals surface area contributed by atoms with Crippen molar-refractivity contribution in [3.05, 3.63) is 67.3 Å². The molecule has 2 aliphatic heterocycles. The third-order valence-corrected chi connectivity index (χ3v) is 6.77. The second-order valence-corrected chi connectivity index (χ2v) is 8.69. The first-order valence-electron chi connectivity index (χ1n) is 10.6. The maximum Gasteiger partial charge on any atom is 0.164 e. The van der Waals surface area contributed by atoms with Gasteiger partial charge in [-0.15, -0.1) is 11.3 Å². The van der Waals surface area contributed by atoms with Crippen LogP contribution < -0.4 is 9.80 Å². The summed E-state index contributed by atoms with van der Waals surface area (Å²) in [7, 11) is 0. The molecular formula is C24H21N5O2S. The van der Waals surface area contributed by atoms with Crippen molar-refractivity contribution in [2.45, 2.75) is 0 Å². The van der Waals surface area contributed by atoms with Crippen LogP contribution in [0.2, 0.25) is 0 Å². The molecule has 3 aromatic heterocycles. The van der Waals surface area contributed by atoms with E-state index in [9.17, 15) is 0 Å². The average molecular weight is 444 g/mol. The summed E-state index contributed by atoms with van der Waals surface area (Å²) in [6.45, 7) is 3.57. The molecule has 0 amide bonds. The Kier molecular flexibility index (Phi) is 4.93. The van der Waals surface area contributed by atoms with E-state index in [0.29, 0.717) is 19.9 Å². The van der Waals surface area contributed by atoms with E-state index in [4.69, 9.17) is 19.4 Å². The number of hydrogen-bond acceptors (Lipinski definition) is 8. The summed E-state index contributed by atoms with van der Waals surface area (Å²) < 4.78 is 12.0. The van der Waals surface area contributed by atoms with Gasteiger partial charge in [-0.05, 0) is 24.3 Å². The molecule has 2 aliphatic rings. The molecule has 160 valence electrons. The van der Waals surface area contributed by atoms with Crippen molar-refractivity contribution < 1.29 is 9.47 Å². The summed E-state index contributed by atoms with van der Waals surface area (Å²) in [6.07, 6.45) is 7.32. The number of fused-ring (bicyclic) bond motifs is 1. The van der Waals surface area contributed by atoms with Crippen molar-refractivity contribution in [3.63, 3.8) is 0 Å². The van der Waals surface area contributed by atoms with Gasteiger partial charge >= 0.3 is 0 Å². The van der Waals surface area contributed by atoms with Crippen LogP contribution in [0.3, 0.4) is 0 Å². The number of rotatable bonds is 4. The predicted molar refractivity (Wildman–Crippen MR) is 127 cm³/mol. The average Bonchev–Trinajstić information content (AvgIpc) is 3.55. The first kappa shape index (κ1) is 19.2. The highest BCUT2D eigenvalue weighted by atomic mass is 32.1. The van der Waals surface area contributed by atoms with Gasteiger partial charge in [0.15, 0.2) is 18.4 Å². The minimum atomic E-state index is 0.515. The molecule has 1 saturated heterocycles. The van der Waals surface area contributed by atoms with Crippen molar-refractivity contribution in [3.8, 4) is 21.8 Å². The van der Waals surface area contributed by atoms with Crippen molar-refractivity contribution in [2.75, 3.05) is 42.8 Å². The number of anilines is 2. The van der Waals surface area contributed by atoms with Crippen LogP contribution in [0.4, 0.5) is 11.5 Å². The van der Waals surface area contributed by atoms with E-state index in [1.807, 2.05) is 24.5 Å². The Bertz CT molecular complexity index is 1280. The molecule has 4 aromatic rings. The zero-order valence-corrected chi connectivity index (χ0v) is 18.2. The molecule has 0 spiro atoms. The molecule has 8 heteroatoms. The molecule has 0 atom stereocenters. The third-order valence-electron chi connectivity index (χ3n) is 5.60. The Morgan fingerprint density at radius 2 is 1.88 bits per heavy atom. The SMILES string of the molecule is C1=CN(c2cccc(-c3nc(N4CCOCC4)c4sc(-c5cccnc5)cc4n3)c2)CO1. The highest BCUT2D eigenvalue weighted by Crippen LogP contribution is 2.39. The highest BCUT2D eigenvalue weighted by molar-refractivity contribution is 7.22. The monoisotopic (exact) mass is 443 g/mol. The topological polar surface area (TPSA) is 63.6 Å². The van der Waals surface area contributed by atoms with Gasteiger partial charge < -0.3 is 19.3 Å². The summed E-state index contributed by atoms with van der Waals surface area (Å²) >= 11 is 1.72. The van der Waals surface area contributed by atoms with Crippen LogP contribution in [0, 0.1) is 0 Å². The lowest BCUT2D eigenvalue weighted by atomic mass is 10.1. The second-order valence-electron chi connectivity index (χ2n) is 7.64. The van der Waals surface area contributed by atoms with E-state index in [-0.39, 0.29) is 0 Å². The Morgan fingerprint density at radius 3 is 2.69 bits per heavy atom. The maximum atomic E-state index is 5.58. The fraction of sp³-hybridized carbons (Fsp3) is 0.208. The minimum absolute atomic E-state index is 0.515. The molecule has 6 rings (SSSR count). The molecule has 0 unspecified atom stereocenters. The molecule has 32 heavy (non-hydrogen) atoms. The van der Waals surface area contributed by atoms with Crippen molar-refractivity contribution in [1.29, 1.82) is 0 Å². The van der Waals surface area contributed by atoms with Gasteiger partial charge in [-0.25, -0.2) is 9.97 Å². The van der Waals surface area contributed by atoms with Gasteiger partial charge in [-0.1, -0.05) is 18.2 Å². The largest absolute Gasteiger partial charge is 0.479 e. The van der Waals surface area contributed by atoms with Gasteiger partial charge in [0.25, 0.3) is 0 Å². The molecule has 0 bridgehead atoms. The predicted octanol–water partition coefficient (Wildman–Crippen LogP) is 4.52. The van der Waals surface area contributed by atoms with Crippen LogP contribution in [-0.4, -0.2) is 48.0 Å². The van der Waals surface area contributed by atoms with Crippen LogP contribution in [0.15, 0.2) is 67.3 Å². The number of morpholine rings is 1. The Hall–Kier alpha value is -3.49. The Labute approximate surface area is 189 Å². The van der Waals surface area contributed by atoms with E-state index in [1.54, 1.807) is 23.8 Å². The summed E-state index contributed by atoms with van der Waals surface area (Å²) in [5, 5.41) is 0. The zero-order valence-electron chi connectivity index (χ0n) is 17.3. The summed E-state index contributed by atoms with van der Waals surface area (Å²) in [5.41, 5.74) is 4.07. The van der Waals surface area contributed by atoms with Crippen LogP contribution in [0.5, 0.6) is 0 Å². The first-order chi connectivity index (χ1) is 15.8. The second kappa shape index (κ2) is 8.22. The molecule has 0 radical (unpaired) electrons. The van der Waals surface area contributed by atoms with Gasteiger partial charge in [-0.3, -0.25) is 4.98 Å². The van der Waals surface area contributed by atoms with Gasteiger partial charge in [-0.2, -0.15) is 0 Å². The molecular weight excluding hydrogens is 422 g/mol. The van der Waals surface area contributed by atoms with E-state index in [0.717, 1.165) is 56.6 Å². The summed E-state index contributed by atoms with van der Waals surface area (Å²) in [4.78, 5) is 19.8. The van der Waals surface area contributed by atoms with Gasteiger partial charge in [0.05, 0.1) is 23.4 Å². The normalized spacial score (nSPS) is 16.0. The van der Waals surface area contributed by atoms with Crippen LogP contribution in [0.25, 0.3) is 32.0 Å². The number of thiophene rings is 1. The number of benzene rings is 1. The van der Waals surface area contributed by atoms with Crippen LogP contribution in [-0.2, 0) is 9.47 Å². The van der Waals surface area contributed by atoms with Crippen molar-refractivity contribution >= 4 is 33.1 Å². The van der Waals surface area contributed by atoms with Crippen LogP contribution >= 0.6 is 11.3 Å². The standard InChI is InChI=1S/C24H21N5O2S/c1-3-17(13-19(5-1)29-9-12-31-16-29)23-26-20-14-21(18-4-2-6-25-15-18)32-22(20)24(27-23)28-7-10-30-11-8-28/h1-6,9,12-15H,7-8,10-11,16H2. The lowest BCUT2D eigenvalue weighted by Gasteiger charge is -2.28. The van der Waals surface area contributed by atoms with Crippen molar-refractivity contribution in [2.24, 2.45) is 0 Å². The fourth-order valence-electron chi connectivity index (χ4n) is 3.95. The van der Waals surface area contributed by atoms with Gasteiger partial charge in [0.1, 0.15) is 6.26 Å². The van der Waals surface area contributed by atoms with E-state index in [2.05, 4.69) is 45.1 Å². The molecule has 0 N–H and O–H groups in total. The Balaban J connectivity index is 1.48. The minimum Gasteiger partial charge on any atom is -0.479 e. The number of pyridine rings is 1. The first-order valence-corrected chi connectivity index (χ1v) is 11.4. The number of hydrogen-bond donors (Lipinski definition) is 0. The molecule has 1 aromatic carbocycles. The number of ether oxygens (including phenoxy) is 2. The Morgan fingerprint density at radius 1 is 0.969 bits per heavy atom. The lowest BCUT2D eigenvalue weighted by Crippen LogP contribution is -2.36. The van der Waals surface area contributed by atoms with E-state index < -0.39 is 0 Å². The maximum absolute atomic E-state index is 5.58. The molecule has 7 nitrogen and oxygen atoms in total. The summed E-state index contributed by atoms with van der Waals surface area (Å²) in [6, 6.07) is 14.5. The smallest absolute Gasteiger partial charge is 0.164 e. The third kappa shape index (κ3) is 3.57.